The van der Waals surface area contributed by atoms with Gasteiger partial charge in [-0.3, -0.25) is 14.7 Å². The zero-order chi connectivity index (χ0) is 20.7. The highest BCUT2D eigenvalue weighted by atomic mass is 16.5. The Kier molecular flexibility index (Phi) is 4.64. The van der Waals surface area contributed by atoms with Gasteiger partial charge >= 0.3 is 0 Å². The van der Waals surface area contributed by atoms with Crippen molar-refractivity contribution in [2.24, 2.45) is 5.73 Å². The van der Waals surface area contributed by atoms with Gasteiger partial charge in [-0.1, -0.05) is 30.3 Å². The number of amides is 1. The number of para-hydroxylation sites is 1. The molecule has 0 bridgehead atoms. The van der Waals surface area contributed by atoms with Crippen molar-refractivity contribution in [3.8, 4) is 5.75 Å². The smallest absolute Gasteiger partial charge is 0.231 e. The Bertz CT molecular complexity index is 1240. The van der Waals surface area contributed by atoms with E-state index < -0.39 is 0 Å². The number of nitrogens with two attached hydrogens (primary N) is 1. The molecule has 6 heteroatoms. The van der Waals surface area contributed by atoms with Gasteiger partial charge in [0.2, 0.25) is 5.91 Å². The van der Waals surface area contributed by atoms with Gasteiger partial charge in [-0.05, 0) is 35.7 Å². The van der Waals surface area contributed by atoms with E-state index in [0.717, 1.165) is 47.6 Å². The molecule has 152 valence electrons. The molecule has 1 aliphatic rings. The fourth-order valence-corrected chi connectivity index (χ4v) is 4.48. The summed E-state index contributed by atoms with van der Waals surface area (Å²) in [5.41, 5.74) is 12.2. The summed E-state index contributed by atoms with van der Waals surface area (Å²) in [6, 6.07) is 16.5. The highest BCUT2D eigenvalue weighted by molar-refractivity contribution is 6.10. The number of hydrogen-bond acceptors (Lipinski definition) is 4. The Balaban J connectivity index is 1.64. The predicted molar refractivity (Wildman–Crippen MR) is 118 cm³/mol. The van der Waals surface area contributed by atoms with Crippen molar-refractivity contribution in [1.29, 1.82) is 0 Å². The molecule has 0 fully saturated rings. The molecule has 5 rings (SSSR count). The lowest BCUT2D eigenvalue weighted by atomic mass is 9.96. The number of benzene rings is 2. The molecule has 0 spiro atoms. The van der Waals surface area contributed by atoms with Crippen LogP contribution in [0.25, 0.3) is 21.8 Å². The zero-order valence-corrected chi connectivity index (χ0v) is 16.9. The third-order valence-electron chi connectivity index (χ3n) is 5.88. The molecule has 1 amide bonds. The van der Waals surface area contributed by atoms with Crippen LogP contribution >= 0.6 is 0 Å². The van der Waals surface area contributed by atoms with Crippen molar-refractivity contribution in [1.82, 2.24) is 14.9 Å². The van der Waals surface area contributed by atoms with E-state index in [1.165, 1.54) is 21.9 Å². The van der Waals surface area contributed by atoms with Crippen molar-refractivity contribution in [3.05, 3.63) is 71.0 Å². The van der Waals surface area contributed by atoms with Crippen molar-refractivity contribution < 1.29 is 9.53 Å². The highest BCUT2D eigenvalue weighted by Crippen LogP contribution is 2.34. The molecule has 1 aliphatic heterocycles. The number of fused-ring (bicyclic) bond motifs is 5. The number of pyridine rings is 1. The molecular formula is C24H24N4O2. The second kappa shape index (κ2) is 7.46. The third kappa shape index (κ3) is 3.29. The number of primary amides is 1. The van der Waals surface area contributed by atoms with Crippen LogP contribution in [-0.4, -0.2) is 41.0 Å². The molecule has 6 nitrogen and oxygen atoms in total. The number of aromatic amines is 1. The number of H-pyrrole nitrogens is 1. The fraction of sp³-hybridized carbons (Fsp3) is 0.250. The summed E-state index contributed by atoms with van der Waals surface area (Å²) < 4.78 is 5.28. The quantitative estimate of drug-likeness (QED) is 0.539. The van der Waals surface area contributed by atoms with Gasteiger partial charge in [0.1, 0.15) is 5.75 Å². The topological polar surface area (TPSA) is 84.2 Å². The van der Waals surface area contributed by atoms with Crippen LogP contribution in [0.3, 0.4) is 0 Å². The molecule has 0 saturated heterocycles. The Hall–Kier alpha value is -3.38. The van der Waals surface area contributed by atoms with E-state index in [0.29, 0.717) is 6.54 Å². The van der Waals surface area contributed by atoms with E-state index in [2.05, 4.69) is 46.3 Å². The number of aromatic nitrogens is 2. The molecular weight excluding hydrogens is 376 g/mol. The van der Waals surface area contributed by atoms with E-state index in [-0.39, 0.29) is 12.5 Å². The normalized spacial score (nSPS) is 14.2. The van der Waals surface area contributed by atoms with Crippen LogP contribution in [0.1, 0.15) is 22.5 Å². The number of nitrogens with one attached hydrogen (secondary N) is 1. The lowest BCUT2D eigenvalue weighted by Crippen LogP contribution is -2.38. The fourth-order valence-electron chi connectivity index (χ4n) is 4.48. The number of rotatable bonds is 5. The van der Waals surface area contributed by atoms with E-state index in [9.17, 15) is 4.79 Å². The first-order valence-corrected chi connectivity index (χ1v) is 10.2. The molecule has 0 atom stereocenters. The Morgan fingerprint density at radius 3 is 2.77 bits per heavy atom. The molecule has 4 aromatic rings. The molecule has 0 saturated carbocycles. The minimum absolute atomic E-state index is 0.265. The molecule has 3 heterocycles. The summed E-state index contributed by atoms with van der Waals surface area (Å²) >= 11 is 0. The predicted octanol–water partition coefficient (Wildman–Crippen LogP) is 3.16. The molecule has 2 aromatic heterocycles. The first kappa shape index (κ1) is 18.6. The van der Waals surface area contributed by atoms with E-state index in [1.807, 2.05) is 12.1 Å². The summed E-state index contributed by atoms with van der Waals surface area (Å²) in [5, 5.41) is 2.49. The van der Waals surface area contributed by atoms with Crippen LogP contribution in [0.5, 0.6) is 5.75 Å². The van der Waals surface area contributed by atoms with Gasteiger partial charge in [-0.15, -0.1) is 0 Å². The number of ether oxygens (including phenoxy) is 1. The monoisotopic (exact) mass is 400 g/mol. The first-order valence-electron chi connectivity index (χ1n) is 10.2. The number of nitrogens with zero attached hydrogens (tertiary/aromatic N) is 2. The summed E-state index contributed by atoms with van der Waals surface area (Å²) in [4.78, 5) is 22.2. The first-order chi connectivity index (χ1) is 14.6. The summed E-state index contributed by atoms with van der Waals surface area (Å²) in [5.74, 6) is 0.542. The van der Waals surface area contributed by atoms with E-state index in [4.69, 9.17) is 15.5 Å². The zero-order valence-electron chi connectivity index (χ0n) is 16.9. The van der Waals surface area contributed by atoms with Crippen LogP contribution in [0.2, 0.25) is 0 Å². The lowest BCUT2D eigenvalue weighted by molar-refractivity contribution is -0.119. The Labute approximate surface area is 174 Å². The van der Waals surface area contributed by atoms with Gasteiger partial charge in [0.05, 0.1) is 30.6 Å². The molecule has 30 heavy (non-hydrogen) atoms. The maximum atomic E-state index is 11.4. The van der Waals surface area contributed by atoms with Crippen LogP contribution in [-0.2, 0) is 24.2 Å². The highest BCUT2D eigenvalue weighted by Gasteiger charge is 2.24. The number of carbonyl (C=O) groups excluding carboxylic acids is 1. The number of hydrogen-bond donors (Lipinski definition) is 2. The second-order valence-corrected chi connectivity index (χ2v) is 7.86. The molecule has 3 N–H and O–H groups in total. The van der Waals surface area contributed by atoms with E-state index >= 15 is 0 Å². The van der Waals surface area contributed by atoms with Crippen LogP contribution in [0, 0.1) is 0 Å². The van der Waals surface area contributed by atoms with Gasteiger partial charge in [0.25, 0.3) is 0 Å². The van der Waals surface area contributed by atoms with Crippen molar-refractivity contribution >= 4 is 27.7 Å². The van der Waals surface area contributed by atoms with Crippen molar-refractivity contribution in [2.75, 3.05) is 20.2 Å². The number of methoxy groups -OCH3 is 1. The van der Waals surface area contributed by atoms with Crippen molar-refractivity contribution in [3.63, 3.8) is 0 Å². The summed E-state index contributed by atoms with van der Waals surface area (Å²) in [6.07, 6.45) is 1.58. The standard InChI is InChI=1S/C24H24N4O2/c1-30-16-8-6-15(7-9-16)12-20-24-23(17-4-2-3-5-19(17)27-24)18-10-11-28(14-22(25)29)13-21(18)26-20/h2-9,27H,10-14H2,1H3,(H2,25,29). The SMILES string of the molecule is COc1ccc(Cc2nc3c(c4c2[nH]c2ccccc24)CCN(CC(N)=O)C3)cc1. The summed E-state index contributed by atoms with van der Waals surface area (Å²) in [6.45, 7) is 1.72. The lowest BCUT2D eigenvalue weighted by Gasteiger charge is -2.28. The van der Waals surface area contributed by atoms with Gasteiger partial charge in [0.15, 0.2) is 0 Å². The maximum absolute atomic E-state index is 11.4. The Morgan fingerprint density at radius 1 is 1.20 bits per heavy atom. The second-order valence-electron chi connectivity index (χ2n) is 7.86. The average molecular weight is 400 g/mol. The molecule has 2 aromatic carbocycles. The Morgan fingerprint density at radius 2 is 2.00 bits per heavy atom. The molecule has 0 radical (unpaired) electrons. The van der Waals surface area contributed by atoms with E-state index in [1.54, 1.807) is 7.11 Å². The number of carbonyl (C=O) groups is 1. The van der Waals surface area contributed by atoms with Crippen LogP contribution in [0.4, 0.5) is 0 Å². The van der Waals surface area contributed by atoms with Crippen LogP contribution < -0.4 is 10.5 Å². The van der Waals surface area contributed by atoms with Gasteiger partial charge in [-0.2, -0.15) is 0 Å². The minimum Gasteiger partial charge on any atom is -0.497 e. The van der Waals surface area contributed by atoms with Gasteiger partial charge in [0, 0.05) is 35.8 Å². The molecule has 0 aliphatic carbocycles. The average Bonchev–Trinajstić information content (AvgIpc) is 3.14. The molecule has 0 unspecified atom stereocenters. The van der Waals surface area contributed by atoms with Crippen LogP contribution in [0.15, 0.2) is 48.5 Å². The van der Waals surface area contributed by atoms with Gasteiger partial charge < -0.3 is 15.5 Å². The van der Waals surface area contributed by atoms with Crippen molar-refractivity contribution in [2.45, 2.75) is 19.4 Å². The third-order valence-corrected chi connectivity index (χ3v) is 5.88. The maximum Gasteiger partial charge on any atom is 0.231 e. The minimum atomic E-state index is -0.301. The van der Waals surface area contributed by atoms with Gasteiger partial charge in [-0.25, -0.2) is 0 Å². The largest absolute Gasteiger partial charge is 0.497 e. The summed E-state index contributed by atoms with van der Waals surface area (Å²) in [7, 11) is 1.67.